The number of nitrogen functional groups attached to an aromatic ring is 1. The Morgan fingerprint density at radius 3 is 2.89 bits per heavy atom. The molecule has 3 N–H and O–H groups in total. The molecule has 0 spiro atoms. The van der Waals surface area contributed by atoms with Crippen molar-refractivity contribution in [1.82, 2.24) is 20.2 Å². The molecule has 0 aliphatic carbocycles. The first-order chi connectivity index (χ1) is 13.2. The average Bonchev–Trinajstić information content (AvgIpc) is 3.35. The van der Waals surface area contributed by atoms with Crippen molar-refractivity contribution in [2.75, 3.05) is 18.8 Å². The highest BCUT2D eigenvalue weighted by Gasteiger charge is 2.26. The second-order valence-corrected chi connectivity index (χ2v) is 6.65. The Morgan fingerprint density at radius 1 is 1.26 bits per heavy atom. The molecular weight excluding hydrogens is 342 g/mol. The first-order valence-corrected chi connectivity index (χ1v) is 8.92. The number of nitrogens with two attached hydrogens (primary N) is 1. The highest BCUT2D eigenvalue weighted by atomic mass is 16.3. The lowest BCUT2D eigenvalue weighted by Gasteiger charge is -2.17. The minimum Gasteiger partial charge on any atom is -0.463 e. The lowest BCUT2D eigenvalue weighted by molar-refractivity contribution is 0.0933. The minimum absolute atomic E-state index is 0.0645. The molecule has 3 aromatic rings. The van der Waals surface area contributed by atoms with Crippen LogP contribution in [0.25, 0.3) is 11.5 Å². The van der Waals surface area contributed by atoms with Crippen molar-refractivity contribution in [3.63, 3.8) is 0 Å². The molecule has 0 bridgehead atoms. The lowest BCUT2D eigenvalue weighted by Crippen LogP contribution is -2.37. The van der Waals surface area contributed by atoms with Gasteiger partial charge in [0.2, 0.25) is 0 Å². The topological polar surface area (TPSA) is 97.3 Å². The number of amides is 1. The van der Waals surface area contributed by atoms with Crippen LogP contribution in [0, 0.1) is 0 Å². The molecule has 27 heavy (non-hydrogen) atoms. The Bertz CT molecular complexity index is 911. The Hall–Kier alpha value is -3.19. The second kappa shape index (κ2) is 7.59. The molecule has 138 valence electrons. The smallest absolute Gasteiger partial charge is 0.274 e. The van der Waals surface area contributed by atoms with Crippen molar-refractivity contribution in [2.24, 2.45) is 0 Å². The summed E-state index contributed by atoms with van der Waals surface area (Å²) in [6, 6.07) is 13.9. The third kappa shape index (κ3) is 3.98. The van der Waals surface area contributed by atoms with Gasteiger partial charge >= 0.3 is 0 Å². The molecule has 0 radical (unpaired) electrons. The van der Waals surface area contributed by atoms with Gasteiger partial charge in [0.05, 0.1) is 12.5 Å². The number of aromatic nitrogens is 2. The fourth-order valence-electron chi connectivity index (χ4n) is 3.30. The van der Waals surface area contributed by atoms with E-state index in [1.807, 2.05) is 18.2 Å². The summed E-state index contributed by atoms with van der Waals surface area (Å²) >= 11 is 0. The predicted molar refractivity (Wildman–Crippen MR) is 102 cm³/mol. The highest BCUT2D eigenvalue weighted by Crippen LogP contribution is 2.19. The molecule has 1 atom stereocenters. The number of nitrogens with zero attached hydrogens (tertiary/aromatic N) is 3. The van der Waals surface area contributed by atoms with E-state index in [2.05, 4.69) is 32.3 Å². The molecule has 4 rings (SSSR count). The van der Waals surface area contributed by atoms with E-state index in [0.29, 0.717) is 11.5 Å². The molecular formula is C20H21N5O2. The van der Waals surface area contributed by atoms with E-state index in [4.69, 9.17) is 10.2 Å². The van der Waals surface area contributed by atoms with Gasteiger partial charge in [0, 0.05) is 25.7 Å². The third-order valence-corrected chi connectivity index (χ3v) is 4.65. The van der Waals surface area contributed by atoms with E-state index in [9.17, 15) is 4.79 Å². The van der Waals surface area contributed by atoms with Gasteiger partial charge in [-0.2, -0.15) is 0 Å². The van der Waals surface area contributed by atoms with Crippen LogP contribution in [0.15, 0.2) is 59.3 Å². The maximum atomic E-state index is 12.7. The highest BCUT2D eigenvalue weighted by molar-refractivity contribution is 5.96. The number of hydrogen-bond acceptors (Lipinski definition) is 6. The SMILES string of the molecule is Nc1ncc(-c2ccco2)nc1C(=O)N[C@H]1CCN(Cc2ccccc2)C1. The molecule has 1 aliphatic heterocycles. The molecule has 7 nitrogen and oxygen atoms in total. The number of likely N-dealkylation sites (tertiary alicyclic amines) is 1. The molecule has 1 aliphatic rings. The Balaban J connectivity index is 1.40. The molecule has 3 heterocycles. The van der Waals surface area contributed by atoms with Gasteiger partial charge in [-0.1, -0.05) is 30.3 Å². The zero-order valence-corrected chi connectivity index (χ0v) is 14.8. The number of hydrogen-bond donors (Lipinski definition) is 2. The van der Waals surface area contributed by atoms with E-state index >= 15 is 0 Å². The van der Waals surface area contributed by atoms with Crippen LogP contribution in [-0.2, 0) is 6.54 Å². The van der Waals surface area contributed by atoms with Crippen LogP contribution in [0.3, 0.4) is 0 Å². The van der Waals surface area contributed by atoms with Crippen LogP contribution in [0.5, 0.6) is 0 Å². The van der Waals surface area contributed by atoms with Gasteiger partial charge in [0.25, 0.3) is 5.91 Å². The van der Waals surface area contributed by atoms with Gasteiger partial charge in [-0.3, -0.25) is 9.69 Å². The Morgan fingerprint density at radius 2 is 2.11 bits per heavy atom. The van der Waals surface area contributed by atoms with Crippen molar-refractivity contribution in [3.05, 3.63) is 66.2 Å². The maximum Gasteiger partial charge on any atom is 0.274 e. The van der Waals surface area contributed by atoms with Crippen molar-refractivity contribution < 1.29 is 9.21 Å². The number of furan rings is 1. The summed E-state index contributed by atoms with van der Waals surface area (Å²) in [7, 11) is 0. The van der Waals surface area contributed by atoms with Crippen LogP contribution in [0.4, 0.5) is 5.82 Å². The van der Waals surface area contributed by atoms with E-state index < -0.39 is 0 Å². The van der Waals surface area contributed by atoms with Crippen molar-refractivity contribution in [2.45, 2.75) is 19.0 Å². The largest absolute Gasteiger partial charge is 0.463 e. The van der Waals surface area contributed by atoms with Crippen molar-refractivity contribution >= 4 is 11.7 Å². The average molecular weight is 363 g/mol. The van der Waals surface area contributed by atoms with Crippen molar-refractivity contribution in [3.8, 4) is 11.5 Å². The van der Waals surface area contributed by atoms with Gasteiger partial charge in [-0.05, 0) is 24.1 Å². The van der Waals surface area contributed by atoms with E-state index in [1.165, 1.54) is 11.8 Å². The standard InChI is InChI=1S/C20H21N5O2/c21-19-18(24-16(11-22-19)17-7-4-10-27-17)20(26)23-15-8-9-25(13-15)12-14-5-2-1-3-6-14/h1-7,10-11,15H,8-9,12-13H2,(H2,21,22)(H,23,26)/t15-/m0/s1. The minimum atomic E-state index is -0.306. The summed E-state index contributed by atoms with van der Waals surface area (Å²) in [5.41, 5.74) is 7.75. The van der Waals surface area contributed by atoms with E-state index in [1.54, 1.807) is 18.4 Å². The van der Waals surface area contributed by atoms with Crippen LogP contribution in [0.1, 0.15) is 22.5 Å². The number of carbonyl (C=O) groups excluding carboxylic acids is 1. The monoisotopic (exact) mass is 363 g/mol. The van der Waals surface area contributed by atoms with Crippen LogP contribution < -0.4 is 11.1 Å². The third-order valence-electron chi connectivity index (χ3n) is 4.65. The zero-order chi connectivity index (χ0) is 18.6. The van der Waals surface area contributed by atoms with Gasteiger partial charge < -0.3 is 15.5 Å². The normalized spacial score (nSPS) is 17.1. The summed E-state index contributed by atoms with van der Waals surface area (Å²) in [6.07, 6.45) is 3.94. The summed E-state index contributed by atoms with van der Waals surface area (Å²) in [6.45, 7) is 2.61. The first kappa shape index (κ1) is 17.2. The van der Waals surface area contributed by atoms with Crippen LogP contribution >= 0.6 is 0 Å². The summed E-state index contributed by atoms with van der Waals surface area (Å²) < 4.78 is 5.32. The molecule has 1 aromatic carbocycles. The number of carbonyl (C=O) groups is 1. The van der Waals surface area contributed by atoms with Gasteiger partial charge in [0.1, 0.15) is 5.69 Å². The molecule has 0 saturated carbocycles. The molecule has 1 amide bonds. The molecule has 0 unspecified atom stereocenters. The predicted octanol–water partition coefficient (Wildman–Crippen LogP) is 2.32. The maximum absolute atomic E-state index is 12.7. The van der Waals surface area contributed by atoms with Gasteiger partial charge in [-0.25, -0.2) is 9.97 Å². The first-order valence-electron chi connectivity index (χ1n) is 8.92. The molecule has 1 saturated heterocycles. The Labute approximate surface area is 157 Å². The van der Waals surface area contributed by atoms with Crippen LogP contribution in [-0.4, -0.2) is 39.9 Å². The fraction of sp³-hybridized carbons (Fsp3) is 0.250. The van der Waals surface area contributed by atoms with E-state index in [0.717, 1.165) is 26.1 Å². The van der Waals surface area contributed by atoms with Crippen molar-refractivity contribution in [1.29, 1.82) is 0 Å². The number of nitrogens with one attached hydrogen (secondary N) is 1. The second-order valence-electron chi connectivity index (χ2n) is 6.65. The number of benzene rings is 1. The zero-order valence-electron chi connectivity index (χ0n) is 14.8. The molecule has 7 heteroatoms. The number of rotatable bonds is 5. The quantitative estimate of drug-likeness (QED) is 0.722. The fourth-order valence-corrected chi connectivity index (χ4v) is 3.30. The number of anilines is 1. The van der Waals surface area contributed by atoms with Gasteiger partial charge in [-0.15, -0.1) is 0 Å². The summed E-state index contributed by atoms with van der Waals surface area (Å²) in [5, 5.41) is 3.03. The molecule has 2 aromatic heterocycles. The summed E-state index contributed by atoms with van der Waals surface area (Å²) in [5.74, 6) is 0.355. The van der Waals surface area contributed by atoms with Crippen LogP contribution in [0.2, 0.25) is 0 Å². The molecule has 1 fully saturated rings. The van der Waals surface area contributed by atoms with Gasteiger partial charge in [0.15, 0.2) is 17.3 Å². The lowest BCUT2D eigenvalue weighted by atomic mass is 10.2. The van der Waals surface area contributed by atoms with E-state index in [-0.39, 0.29) is 23.5 Å². The summed E-state index contributed by atoms with van der Waals surface area (Å²) in [4.78, 5) is 23.4. The Kier molecular flexibility index (Phi) is 4.84.